The Morgan fingerprint density at radius 2 is 1.29 bits per heavy atom. The van der Waals surface area contributed by atoms with Crippen molar-refractivity contribution in [2.45, 2.75) is 12.8 Å². The molecule has 0 aliphatic heterocycles. The third-order valence-electron chi connectivity index (χ3n) is 4.36. The molecule has 0 aliphatic rings. The Bertz CT molecular complexity index is 635. The zero-order valence-electron chi connectivity index (χ0n) is 13.7. The molecule has 0 saturated heterocycles. The van der Waals surface area contributed by atoms with E-state index in [1.165, 1.54) is 15.9 Å². The van der Waals surface area contributed by atoms with E-state index in [0.29, 0.717) is 6.42 Å². The van der Waals surface area contributed by atoms with Crippen molar-refractivity contribution in [1.29, 1.82) is 0 Å². The number of pyridine rings is 1. The van der Waals surface area contributed by atoms with Crippen molar-refractivity contribution in [2.24, 2.45) is 0 Å². The van der Waals surface area contributed by atoms with Crippen LogP contribution in [-0.4, -0.2) is 17.8 Å². The van der Waals surface area contributed by atoms with E-state index in [9.17, 15) is 4.39 Å². The summed E-state index contributed by atoms with van der Waals surface area (Å²) < 4.78 is 12.8. The first-order valence-electron chi connectivity index (χ1n) is 8.34. The minimum atomic E-state index is -1.81. The summed E-state index contributed by atoms with van der Waals surface area (Å²) in [5, 5.41) is 3.94. The van der Waals surface area contributed by atoms with Gasteiger partial charge >= 0.3 is 0 Å². The van der Waals surface area contributed by atoms with E-state index in [1.54, 1.807) is 0 Å². The fourth-order valence-corrected chi connectivity index (χ4v) is 7.56. The van der Waals surface area contributed by atoms with Crippen molar-refractivity contribution < 1.29 is 4.39 Å². The van der Waals surface area contributed by atoms with Gasteiger partial charge in [0.25, 0.3) is 0 Å². The number of halogens is 1. The molecular weight excluding hydrogens is 315 g/mol. The molecule has 0 spiro atoms. The number of unbranched alkanes of at least 4 members (excludes halogenated alkanes) is 1. The average molecular weight is 337 g/mol. The second kappa shape index (κ2) is 8.17. The van der Waals surface area contributed by atoms with Crippen LogP contribution in [0.1, 0.15) is 12.8 Å². The molecule has 2 aromatic carbocycles. The highest BCUT2D eigenvalue weighted by Crippen LogP contribution is 2.55. The maximum absolute atomic E-state index is 12.8. The average Bonchev–Trinajstić information content (AvgIpc) is 2.68. The molecule has 0 atom stereocenters. The molecule has 3 heteroatoms. The van der Waals surface area contributed by atoms with Gasteiger partial charge in [-0.05, 0) is 49.2 Å². The molecule has 0 saturated carbocycles. The van der Waals surface area contributed by atoms with Crippen molar-refractivity contribution in [3.8, 4) is 0 Å². The number of aromatic nitrogens is 1. The van der Waals surface area contributed by atoms with Gasteiger partial charge in [0.1, 0.15) is 23.2 Å². The summed E-state index contributed by atoms with van der Waals surface area (Å²) in [7, 11) is -1.81. The zero-order chi connectivity index (χ0) is 16.7. The Hall–Kier alpha value is -2.05. The molecule has 1 nitrogen and oxygen atoms in total. The quantitative estimate of drug-likeness (QED) is 0.467. The molecule has 0 N–H and O–H groups in total. The summed E-state index contributed by atoms with van der Waals surface area (Å²) in [6, 6.07) is 25.5. The van der Waals surface area contributed by atoms with Gasteiger partial charge in [-0.2, -0.15) is 0 Å². The maximum Gasteiger partial charge on any atom is 0.123 e. The van der Waals surface area contributed by atoms with Crippen molar-refractivity contribution in [3.63, 3.8) is 0 Å². The Morgan fingerprint density at radius 3 is 1.79 bits per heavy atom. The highest BCUT2D eigenvalue weighted by Gasteiger charge is 2.44. The summed E-state index contributed by atoms with van der Waals surface area (Å²) in [6.45, 7) is -0.253. The smallest absolute Gasteiger partial charge is 0.123 e. The van der Waals surface area contributed by atoms with Crippen LogP contribution in [0.4, 0.5) is 4.39 Å². The number of hydrogen-bond donors (Lipinski definition) is 0. The lowest BCUT2D eigenvalue weighted by molar-refractivity contribution is 0.470. The lowest BCUT2D eigenvalue weighted by atomic mass is 10.4. The monoisotopic (exact) mass is 337 g/mol. The fourth-order valence-electron chi connectivity index (χ4n) is 3.22. The second-order valence-electron chi connectivity index (χ2n) is 5.81. The Morgan fingerprint density at radius 1 is 0.708 bits per heavy atom. The van der Waals surface area contributed by atoms with Crippen LogP contribution in [0.5, 0.6) is 0 Å². The highest BCUT2D eigenvalue weighted by molar-refractivity contribution is 7.95. The van der Waals surface area contributed by atoms with Gasteiger partial charge in [-0.15, -0.1) is 0 Å². The molecule has 0 bridgehead atoms. The van der Waals surface area contributed by atoms with Gasteiger partial charge in [0, 0.05) is 6.20 Å². The molecule has 3 aromatic rings. The van der Waals surface area contributed by atoms with Gasteiger partial charge in [0.2, 0.25) is 0 Å². The van der Waals surface area contributed by atoms with Crippen molar-refractivity contribution in [3.05, 3.63) is 85.2 Å². The normalized spacial score (nSPS) is 11.4. The standard InChI is InChI=1S/C21H22FNP/c22-15-7-8-17-24(19-10-3-1-4-11-19,20-12-5-2-6-13-20)21-14-9-16-23-18-21/h1-6,9-14,16,18H,7-8,15,17H2/q+1/i22-1. The number of benzene rings is 2. The molecule has 3 rings (SSSR count). The summed E-state index contributed by atoms with van der Waals surface area (Å²) in [5.74, 6) is 0. The number of alkyl halides is 1. The van der Waals surface area contributed by atoms with E-state index in [2.05, 4.69) is 59.6 Å². The van der Waals surface area contributed by atoms with E-state index in [1.807, 2.05) is 30.6 Å². The lowest BCUT2D eigenvalue weighted by Gasteiger charge is -2.27. The van der Waals surface area contributed by atoms with Gasteiger partial charge in [0.05, 0.1) is 19.0 Å². The van der Waals surface area contributed by atoms with E-state index in [-0.39, 0.29) is 6.67 Å². The van der Waals surface area contributed by atoms with Gasteiger partial charge in [0.15, 0.2) is 0 Å². The molecule has 0 aliphatic carbocycles. The molecule has 1 aromatic heterocycles. The molecular formula is C21H22FNP+. The van der Waals surface area contributed by atoms with Gasteiger partial charge in [-0.3, -0.25) is 9.37 Å². The van der Waals surface area contributed by atoms with Crippen LogP contribution in [0.15, 0.2) is 85.2 Å². The van der Waals surface area contributed by atoms with E-state index < -0.39 is 7.26 Å². The topological polar surface area (TPSA) is 12.9 Å². The highest BCUT2D eigenvalue weighted by atomic mass is 31.2. The van der Waals surface area contributed by atoms with Crippen LogP contribution in [0.25, 0.3) is 0 Å². The van der Waals surface area contributed by atoms with Crippen molar-refractivity contribution in [1.82, 2.24) is 4.98 Å². The fraction of sp³-hybridized carbons (Fsp3) is 0.190. The molecule has 0 fully saturated rings. The molecule has 24 heavy (non-hydrogen) atoms. The van der Waals surface area contributed by atoms with Crippen LogP contribution in [0.3, 0.4) is 0 Å². The SMILES string of the molecule is [18F]CCCC[P+](c1ccccc1)(c1ccccc1)c1cccnc1. The lowest BCUT2D eigenvalue weighted by Crippen LogP contribution is -2.33. The summed E-state index contributed by atoms with van der Waals surface area (Å²) in [6.07, 6.45) is 6.26. The first-order valence-corrected chi connectivity index (χ1v) is 10.3. The largest absolute Gasteiger partial charge is 0.261 e. The van der Waals surface area contributed by atoms with Gasteiger partial charge in [-0.25, -0.2) is 0 Å². The summed E-state index contributed by atoms with van der Waals surface area (Å²) in [5.41, 5.74) is 0. The maximum atomic E-state index is 12.8. The van der Waals surface area contributed by atoms with E-state index >= 15 is 0 Å². The van der Waals surface area contributed by atoms with Crippen LogP contribution in [-0.2, 0) is 0 Å². The second-order valence-corrected chi connectivity index (χ2v) is 9.43. The molecule has 122 valence electrons. The van der Waals surface area contributed by atoms with Crippen molar-refractivity contribution >= 4 is 23.2 Å². The Kier molecular flexibility index (Phi) is 5.72. The molecule has 0 radical (unpaired) electrons. The molecule has 1 heterocycles. The number of rotatable bonds is 7. The summed E-state index contributed by atoms with van der Waals surface area (Å²) >= 11 is 0. The Labute approximate surface area is 143 Å². The minimum Gasteiger partial charge on any atom is -0.261 e. The third kappa shape index (κ3) is 3.39. The molecule has 0 unspecified atom stereocenters. The predicted molar refractivity (Wildman–Crippen MR) is 103 cm³/mol. The van der Waals surface area contributed by atoms with Crippen LogP contribution in [0.2, 0.25) is 0 Å². The van der Waals surface area contributed by atoms with E-state index in [4.69, 9.17) is 0 Å². The Balaban J connectivity index is 2.20. The van der Waals surface area contributed by atoms with Crippen LogP contribution >= 0.6 is 7.26 Å². The van der Waals surface area contributed by atoms with Crippen LogP contribution in [0, 0.1) is 0 Å². The third-order valence-corrected chi connectivity index (χ3v) is 8.85. The summed E-state index contributed by atoms with van der Waals surface area (Å²) in [4.78, 5) is 4.38. The van der Waals surface area contributed by atoms with E-state index in [0.717, 1.165) is 12.6 Å². The predicted octanol–water partition coefficient (Wildman–Crippen LogP) is 4.13. The van der Waals surface area contributed by atoms with Crippen LogP contribution < -0.4 is 15.9 Å². The first-order chi connectivity index (χ1) is 11.9. The number of nitrogens with zero attached hydrogens (tertiary/aromatic N) is 1. The minimum absolute atomic E-state index is 0.253. The van der Waals surface area contributed by atoms with Crippen molar-refractivity contribution in [2.75, 3.05) is 12.8 Å². The number of hydrogen-bond acceptors (Lipinski definition) is 1. The van der Waals surface area contributed by atoms with Gasteiger partial charge < -0.3 is 0 Å². The zero-order valence-corrected chi connectivity index (χ0v) is 14.6. The first kappa shape index (κ1) is 16.8. The van der Waals surface area contributed by atoms with Gasteiger partial charge in [-0.1, -0.05) is 36.4 Å². The molecule has 0 amide bonds.